The van der Waals surface area contributed by atoms with Crippen LogP contribution in [0.25, 0.3) is 0 Å². The molecule has 0 aliphatic carbocycles. The summed E-state index contributed by atoms with van der Waals surface area (Å²) in [7, 11) is 1.55. The number of nitrogens with one attached hydrogen (secondary N) is 2. The molecule has 0 spiro atoms. The Morgan fingerprint density at radius 2 is 1.74 bits per heavy atom. The van der Waals surface area contributed by atoms with Crippen LogP contribution in [0.3, 0.4) is 0 Å². The zero-order valence-corrected chi connectivity index (χ0v) is 20.2. The molecular weight excluding hydrogens is 446 g/mol. The molecule has 1 aromatic heterocycles. The van der Waals surface area contributed by atoms with Crippen molar-refractivity contribution in [3.8, 4) is 11.5 Å². The second-order valence-electron chi connectivity index (χ2n) is 8.07. The number of pyridine rings is 1. The van der Waals surface area contributed by atoms with Gasteiger partial charge in [-0.1, -0.05) is 56.7 Å². The fraction of sp³-hybridized carbons (Fsp3) is 0.296. The molecule has 0 aliphatic heterocycles. The number of rotatable bonds is 11. The molecule has 0 radical (unpaired) electrons. The van der Waals surface area contributed by atoms with Crippen LogP contribution < -0.4 is 20.1 Å². The number of anilines is 1. The minimum Gasteiger partial charge on any atom is -0.493 e. The van der Waals surface area contributed by atoms with Gasteiger partial charge in [0.25, 0.3) is 0 Å². The third kappa shape index (κ3) is 7.74. The molecule has 3 aromatic rings. The van der Waals surface area contributed by atoms with Crippen molar-refractivity contribution >= 4 is 17.7 Å². The number of amides is 2. The molecule has 35 heavy (non-hydrogen) atoms. The molecule has 2 atom stereocenters. The lowest BCUT2D eigenvalue weighted by Gasteiger charge is -2.23. The van der Waals surface area contributed by atoms with Gasteiger partial charge in [0.05, 0.1) is 7.11 Å². The zero-order chi connectivity index (χ0) is 25.0. The summed E-state index contributed by atoms with van der Waals surface area (Å²) in [5.74, 6) is 0.552. The van der Waals surface area contributed by atoms with E-state index in [4.69, 9.17) is 14.2 Å². The van der Waals surface area contributed by atoms with Crippen LogP contribution in [0.1, 0.15) is 31.4 Å². The maximum atomic E-state index is 13.1. The summed E-state index contributed by atoms with van der Waals surface area (Å²) in [5, 5.41) is 5.57. The summed E-state index contributed by atoms with van der Waals surface area (Å²) in [6.45, 7) is 4.28. The number of ether oxygens (including phenoxy) is 3. The van der Waals surface area contributed by atoms with Crippen LogP contribution in [0.4, 0.5) is 10.5 Å². The van der Waals surface area contributed by atoms with Crippen molar-refractivity contribution in [3.63, 3.8) is 0 Å². The topological polar surface area (TPSA) is 98.8 Å². The van der Waals surface area contributed by atoms with Gasteiger partial charge >= 0.3 is 6.09 Å². The minimum atomic E-state index is -0.773. The van der Waals surface area contributed by atoms with E-state index in [0.29, 0.717) is 30.2 Å². The summed E-state index contributed by atoms with van der Waals surface area (Å²) in [6, 6.07) is 17.5. The van der Waals surface area contributed by atoms with Gasteiger partial charge in [-0.3, -0.25) is 9.78 Å². The van der Waals surface area contributed by atoms with Crippen molar-refractivity contribution in [2.24, 2.45) is 5.92 Å². The predicted molar refractivity (Wildman–Crippen MR) is 133 cm³/mol. The van der Waals surface area contributed by atoms with Crippen LogP contribution in [-0.2, 0) is 22.7 Å². The smallest absolute Gasteiger partial charge is 0.408 e. The van der Waals surface area contributed by atoms with Gasteiger partial charge in [0.15, 0.2) is 11.5 Å². The van der Waals surface area contributed by atoms with E-state index in [2.05, 4.69) is 15.6 Å². The Morgan fingerprint density at radius 3 is 2.43 bits per heavy atom. The molecule has 184 valence electrons. The Kier molecular flexibility index (Phi) is 9.48. The monoisotopic (exact) mass is 477 g/mol. The Bertz CT molecular complexity index is 1090. The normalized spacial score (nSPS) is 12.2. The third-order valence-corrected chi connectivity index (χ3v) is 5.53. The van der Waals surface area contributed by atoms with Crippen LogP contribution in [0, 0.1) is 5.92 Å². The molecule has 3 rings (SSSR count). The molecule has 2 aromatic carbocycles. The first kappa shape index (κ1) is 25.6. The Balaban J connectivity index is 1.65. The van der Waals surface area contributed by atoms with Gasteiger partial charge in [0.1, 0.15) is 19.3 Å². The van der Waals surface area contributed by atoms with Crippen LogP contribution >= 0.6 is 0 Å². The highest BCUT2D eigenvalue weighted by Gasteiger charge is 2.27. The quantitative estimate of drug-likeness (QED) is 0.406. The molecule has 0 saturated heterocycles. The van der Waals surface area contributed by atoms with Crippen LogP contribution in [-0.4, -0.2) is 30.1 Å². The molecule has 0 unspecified atom stereocenters. The SMILES string of the molecule is CC[C@H](C)[C@H](NC(=O)OCc1ccccc1)C(=O)Nc1ccc(OC)c(OCc2cccnc2)c1. The lowest BCUT2D eigenvalue weighted by Crippen LogP contribution is -2.47. The van der Waals surface area contributed by atoms with Gasteiger partial charge < -0.3 is 24.8 Å². The number of hydrogen-bond acceptors (Lipinski definition) is 6. The fourth-order valence-corrected chi connectivity index (χ4v) is 3.33. The maximum Gasteiger partial charge on any atom is 0.408 e. The molecule has 0 saturated carbocycles. The molecule has 0 aliphatic rings. The molecule has 8 heteroatoms. The zero-order valence-electron chi connectivity index (χ0n) is 20.2. The van der Waals surface area contributed by atoms with Crippen molar-refractivity contribution < 1.29 is 23.8 Å². The summed E-state index contributed by atoms with van der Waals surface area (Å²) in [6.07, 6.45) is 3.46. The van der Waals surface area contributed by atoms with Crippen molar-refractivity contribution in [2.75, 3.05) is 12.4 Å². The Labute approximate surface area is 205 Å². The van der Waals surface area contributed by atoms with Crippen LogP contribution in [0.15, 0.2) is 73.1 Å². The highest BCUT2D eigenvalue weighted by molar-refractivity contribution is 5.97. The van der Waals surface area contributed by atoms with E-state index in [1.54, 1.807) is 37.7 Å². The van der Waals surface area contributed by atoms with Crippen LogP contribution in [0.2, 0.25) is 0 Å². The van der Waals surface area contributed by atoms with Gasteiger partial charge in [-0.05, 0) is 29.7 Å². The van der Waals surface area contributed by atoms with Gasteiger partial charge in [0, 0.05) is 29.7 Å². The van der Waals surface area contributed by atoms with E-state index >= 15 is 0 Å². The van der Waals surface area contributed by atoms with E-state index in [-0.39, 0.29) is 18.4 Å². The summed E-state index contributed by atoms with van der Waals surface area (Å²) in [4.78, 5) is 29.6. The second-order valence-corrected chi connectivity index (χ2v) is 8.07. The summed E-state index contributed by atoms with van der Waals surface area (Å²) >= 11 is 0. The molecule has 0 fully saturated rings. The molecule has 1 heterocycles. The Morgan fingerprint density at radius 1 is 0.971 bits per heavy atom. The number of hydrogen-bond donors (Lipinski definition) is 2. The number of aromatic nitrogens is 1. The van der Waals surface area contributed by atoms with E-state index in [1.807, 2.05) is 56.3 Å². The predicted octanol–water partition coefficient (Wildman–Crippen LogP) is 4.95. The molecule has 0 bridgehead atoms. The minimum absolute atomic E-state index is 0.112. The standard InChI is InChI=1S/C27H31N3O5/c1-4-19(2)25(30-27(32)35-17-20-9-6-5-7-10-20)26(31)29-22-12-13-23(33-3)24(15-22)34-18-21-11-8-14-28-16-21/h5-16,19,25H,4,17-18H2,1-3H3,(H,29,31)(H,30,32)/t19-,25-/m0/s1. The van der Waals surface area contributed by atoms with Crippen molar-refractivity contribution in [2.45, 2.75) is 39.5 Å². The summed E-state index contributed by atoms with van der Waals surface area (Å²) in [5.41, 5.74) is 2.29. The summed E-state index contributed by atoms with van der Waals surface area (Å²) < 4.78 is 16.6. The Hall–Kier alpha value is -4.07. The number of alkyl carbamates (subject to hydrolysis) is 1. The number of carbonyl (C=O) groups is 2. The van der Waals surface area contributed by atoms with E-state index in [0.717, 1.165) is 11.1 Å². The second kappa shape index (κ2) is 13.0. The third-order valence-electron chi connectivity index (χ3n) is 5.53. The highest BCUT2D eigenvalue weighted by Crippen LogP contribution is 2.31. The maximum absolute atomic E-state index is 13.1. The van der Waals surface area contributed by atoms with Crippen LogP contribution in [0.5, 0.6) is 11.5 Å². The fourth-order valence-electron chi connectivity index (χ4n) is 3.33. The van der Waals surface area contributed by atoms with Gasteiger partial charge in [-0.25, -0.2) is 4.79 Å². The van der Waals surface area contributed by atoms with E-state index < -0.39 is 12.1 Å². The first-order valence-electron chi connectivity index (χ1n) is 11.5. The van der Waals surface area contributed by atoms with E-state index in [1.165, 1.54) is 0 Å². The van der Waals surface area contributed by atoms with Crippen molar-refractivity contribution in [1.82, 2.24) is 10.3 Å². The molecule has 2 N–H and O–H groups in total. The number of benzene rings is 2. The number of nitrogens with zero attached hydrogens (tertiary/aromatic N) is 1. The number of methoxy groups -OCH3 is 1. The van der Waals surface area contributed by atoms with E-state index in [9.17, 15) is 9.59 Å². The van der Waals surface area contributed by atoms with Crippen molar-refractivity contribution in [3.05, 3.63) is 84.2 Å². The molecule has 2 amide bonds. The van der Waals surface area contributed by atoms with Gasteiger partial charge in [-0.2, -0.15) is 0 Å². The average molecular weight is 478 g/mol. The lowest BCUT2D eigenvalue weighted by molar-refractivity contribution is -0.119. The van der Waals surface area contributed by atoms with Gasteiger partial charge in [0.2, 0.25) is 5.91 Å². The average Bonchev–Trinajstić information content (AvgIpc) is 2.90. The first-order valence-corrected chi connectivity index (χ1v) is 11.5. The molecular formula is C27H31N3O5. The largest absolute Gasteiger partial charge is 0.493 e. The van der Waals surface area contributed by atoms with Crippen molar-refractivity contribution in [1.29, 1.82) is 0 Å². The lowest BCUT2D eigenvalue weighted by atomic mass is 9.98. The first-order chi connectivity index (χ1) is 17.0. The van der Waals surface area contributed by atoms with Gasteiger partial charge in [-0.15, -0.1) is 0 Å². The molecule has 8 nitrogen and oxygen atoms in total. The highest BCUT2D eigenvalue weighted by atomic mass is 16.5. The number of carbonyl (C=O) groups excluding carboxylic acids is 2.